The monoisotopic (exact) mass is 257 g/mol. The van der Waals surface area contributed by atoms with E-state index in [1.807, 2.05) is 0 Å². The Kier molecular flexibility index (Phi) is 3.05. The van der Waals surface area contributed by atoms with Gasteiger partial charge >= 0.3 is 0 Å². The first kappa shape index (κ1) is 12.0. The first-order valence-corrected chi connectivity index (χ1v) is 6.56. The van der Waals surface area contributed by atoms with Crippen molar-refractivity contribution in [1.82, 2.24) is 15.5 Å². The van der Waals surface area contributed by atoms with Crippen molar-refractivity contribution in [3.63, 3.8) is 0 Å². The van der Waals surface area contributed by atoms with Gasteiger partial charge < -0.3 is 9.84 Å². The standard InChI is InChI=1S/C12H17F2N3O/c13-12(14)5-1-2-8(6-12)11-16-10(17-18-11)7-15-9-3-4-9/h8-9,15H,1-7H2. The van der Waals surface area contributed by atoms with E-state index in [1.54, 1.807) is 0 Å². The van der Waals surface area contributed by atoms with Crippen LogP contribution in [0.3, 0.4) is 0 Å². The molecular weight excluding hydrogens is 240 g/mol. The lowest BCUT2D eigenvalue weighted by Crippen LogP contribution is -2.25. The van der Waals surface area contributed by atoms with Crippen molar-refractivity contribution in [2.24, 2.45) is 0 Å². The second kappa shape index (κ2) is 4.57. The van der Waals surface area contributed by atoms with E-state index in [4.69, 9.17) is 4.52 Å². The maximum atomic E-state index is 13.3. The van der Waals surface area contributed by atoms with Crippen LogP contribution in [0.25, 0.3) is 0 Å². The van der Waals surface area contributed by atoms with Crippen LogP contribution >= 0.6 is 0 Å². The Morgan fingerprint density at radius 3 is 2.89 bits per heavy atom. The van der Waals surface area contributed by atoms with Gasteiger partial charge in [-0.2, -0.15) is 4.98 Å². The molecule has 1 aromatic rings. The van der Waals surface area contributed by atoms with E-state index in [9.17, 15) is 8.78 Å². The van der Waals surface area contributed by atoms with E-state index >= 15 is 0 Å². The molecule has 3 rings (SSSR count). The van der Waals surface area contributed by atoms with Gasteiger partial charge in [-0.25, -0.2) is 8.78 Å². The van der Waals surface area contributed by atoms with Gasteiger partial charge in [-0.15, -0.1) is 0 Å². The summed E-state index contributed by atoms with van der Waals surface area (Å²) >= 11 is 0. The summed E-state index contributed by atoms with van der Waals surface area (Å²) in [6.45, 7) is 0.567. The molecular formula is C12H17F2N3O. The average Bonchev–Trinajstić information content (AvgIpc) is 3.02. The van der Waals surface area contributed by atoms with Crippen molar-refractivity contribution in [1.29, 1.82) is 0 Å². The Bertz CT molecular complexity index is 417. The third kappa shape index (κ3) is 2.85. The van der Waals surface area contributed by atoms with Gasteiger partial charge in [0.05, 0.1) is 6.54 Å². The molecule has 1 heterocycles. The number of hydrogen-bond donors (Lipinski definition) is 1. The highest BCUT2D eigenvalue weighted by Gasteiger charge is 2.39. The lowest BCUT2D eigenvalue weighted by molar-refractivity contribution is -0.0440. The summed E-state index contributed by atoms with van der Waals surface area (Å²) < 4.78 is 31.7. The van der Waals surface area contributed by atoms with Gasteiger partial charge in [0.15, 0.2) is 5.82 Å². The topological polar surface area (TPSA) is 51.0 Å². The fourth-order valence-electron chi connectivity index (χ4n) is 2.41. The summed E-state index contributed by atoms with van der Waals surface area (Å²) in [6.07, 6.45) is 3.44. The largest absolute Gasteiger partial charge is 0.339 e. The summed E-state index contributed by atoms with van der Waals surface area (Å²) in [7, 11) is 0. The normalized spacial score (nSPS) is 27.3. The van der Waals surface area contributed by atoms with E-state index in [1.165, 1.54) is 12.8 Å². The predicted octanol–water partition coefficient (Wildman–Crippen LogP) is 2.61. The molecule has 1 unspecified atom stereocenters. The summed E-state index contributed by atoms with van der Waals surface area (Å²) in [6, 6.07) is 0.575. The highest BCUT2D eigenvalue weighted by atomic mass is 19.3. The smallest absolute Gasteiger partial charge is 0.248 e. The Balaban J connectivity index is 1.60. The molecule has 0 radical (unpaired) electrons. The summed E-state index contributed by atoms with van der Waals surface area (Å²) in [5.74, 6) is -1.91. The van der Waals surface area contributed by atoms with Crippen LogP contribution in [0.2, 0.25) is 0 Å². The molecule has 2 fully saturated rings. The minimum absolute atomic E-state index is 0.0201. The average molecular weight is 257 g/mol. The van der Waals surface area contributed by atoms with Gasteiger partial charge in [0.1, 0.15) is 0 Å². The van der Waals surface area contributed by atoms with Crippen molar-refractivity contribution in [2.75, 3.05) is 0 Å². The fourth-order valence-corrected chi connectivity index (χ4v) is 2.41. The zero-order valence-electron chi connectivity index (χ0n) is 10.2. The second-order valence-electron chi connectivity index (χ2n) is 5.35. The Labute approximate surface area is 104 Å². The molecule has 4 nitrogen and oxygen atoms in total. The molecule has 100 valence electrons. The second-order valence-corrected chi connectivity index (χ2v) is 5.35. The molecule has 0 bridgehead atoms. The Morgan fingerprint density at radius 1 is 1.33 bits per heavy atom. The van der Waals surface area contributed by atoms with Crippen molar-refractivity contribution in [3.8, 4) is 0 Å². The minimum Gasteiger partial charge on any atom is -0.339 e. The highest BCUT2D eigenvalue weighted by Crippen LogP contribution is 2.41. The van der Waals surface area contributed by atoms with Crippen molar-refractivity contribution < 1.29 is 13.3 Å². The Hall–Kier alpha value is -1.04. The lowest BCUT2D eigenvalue weighted by Gasteiger charge is -2.26. The zero-order valence-corrected chi connectivity index (χ0v) is 10.2. The van der Waals surface area contributed by atoms with Crippen molar-refractivity contribution in [2.45, 2.75) is 63.0 Å². The van der Waals surface area contributed by atoms with Crippen LogP contribution in [-0.4, -0.2) is 22.1 Å². The van der Waals surface area contributed by atoms with Crippen LogP contribution in [0, 0.1) is 0 Å². The van der Waals surface area contributed by atoms with Crippen LogP contribution in [0.5, 0.6) is 0 Å². The summed E-state index contributed by atoms with van der Waals surface area (Å²) in [5.41, 5.74) is 0. The fraction of sp³-hybridized carbons (Fsp3) is 0.833. The molecule has 0 amide bonds. The minimum atomic E-state index is -2.58. The van der Waals surface area contributed by atoms with E-state index < -0.39 is 5.92 Å². The number of nitrogens with zero attached hydrogens (tertiary/aromatic N) is 2. The molecule has 2 aliphatic carbocycles. The third-order valence-corrected chi connectivity index (χ3v) is 3.60. The van der Waals surface area contributed by atoms with Gasteiger partial charge in [0, 0.05) is 24.8 Å². The van der Waals surface area contributed by atoms with Gasteiger partial charge in [0.2, 0.25) is 11.8 Å². The van der Waals surface area contributed by atoms with Crippen molar-refractivity contribution in [3.05, 3.63) is 11.7 Å². The van der Waals surface area contributed by atoms with Gasteiger partial charge in [-0.3, -0.25) is 0 Å². The zero-order chi connectivity index (χ0) is 12.6. The lowest BCUT2D eigenvalue weighted by atomic mass is 9.86. The van der Waals surface area contributed by atoms with E-state index in [0.29, 0.717) is 37.1 Å². The first-order valence-electron chi connectivity index (χ1n) is 6.56. The molecule has 2 saturated carbocycles. The van der Waals surface area contributed by atoms with Crippen LogP contribution < -0.4 is 5.32 Å². The molecule has 18 heavy (non-hydrogen) atoms. The molecule has 1 N–H and O–H groups in total. The molecule has 1 atom stereocenters. The number of aromatic nitrogens is 2. The summed E-state index contributed by atoms with van der Waals surface area (Å²) in [4.78, 5) is 4.23. The number of halogens is 2. The predicted molar refractivity (Wildman–Crippen MR) is 60.3 cm³/mol. The maximum absolute atomic E-state index is 13.3. The quantitative estimate of drug-likeness (QED) is 0.900. The van der Waals surface area contributed by atoms with Crippen LogP contribution in [0.1, 0.15) is 56.2 Å². The van der Waals surface area contributed by atoms with Crippen LogP contribution in [0.4, 0.5) is 8.78 Å². The van der Waals surface area contributed by atoms with Gasteiger partial charge in [0.25, 0.3) is 0 Å². The van der Waals surface area contributed by atoms with Crippen LogP contribution in [-0.2, 0) is 6.54 Å². The van der Waals surface area contributed by atoms with E-state index in [-0.39, 0.29) is 18.8 Å². The molecule has 0 aromatic carbocycles. The third-order valence-electron chi connectivity index (χ3n) is 3.60. The molecule has 0 saturated heterocycles. The van der Waals surface area contributed by atoms with E-state index in [2.05, 4.69) is 15.5 Å². The van der Waals surface area contributed by atoms with Crippen molar-refractivity contribution >= 4 is 0 Å². The number of hydrogen-bond acceptors (Lipinski definition) is 4. The molecule has 2 aliphatic rings. The molecule has 6 heteroatoms. The highest BCUT2D eigenvalue weighted by molar-refractivity contribution is 4.99. The first-order chi connectivity index (χ1) is 8.62. The number of nitrogens with one attached hydrogen (secondary N) is 1. The van der Waals surface area contributed by atoms with Gasteiger partial charge in [-0.05, 0) is 25.7 Å². The number of rotatable bonds is 4. The molecule has 0 aliphatic heterocycles. The van der Waals surface area contributed by atoms with E-state index in [0.717, 1.165) is 0 Å². The van der Waals surface area contributed by atoms with Gasteiger partial charge in [-0.1, -0.05) is 5.16 Å². The number of alkyl halides is 2. The summed E-state index contributed by atoms with van der Waals surface area (Å²) in [5, 5.41) is 7.12. The SMILES string of the molecule is FC1(F)CCCC(c2nc(CNC3CC3)no2)C1. The van der Waals surface area contributed by atoms with Crippen LogP contribution in [0.15, 0.2) is 4.52 Å². The maximum Gasteiger partial charge on any atom is 0.248 e. The Morgan fingerprint density at radius 2 is 2.17 bits per heavy atom. The molecule has 1 aromatic heterocycles. The molecule has 0 spiro atoms.